The molecule has 21 heavy (non-hydrogen) atoms. The van der Waals surface area contributed by atoms with Crippen LogP contribution in [0.4, 0.5) is 0 Å². The molecule has 1 aliphatic rings. The minimum absolute atomic E-state index is 0.509. The molecule has 0 aliphatic heterocycles. The van der Waals surface area contributed by atoms with E-state index in [4.69, 9.17) is 16.3 Å². The Balaban J connectivity index is 1.69. The average Bonchev–Trinajstić information content (AvgIpc) is 3.21. The molecular weight excluding hydrogens is 286 g/mol. The van der Waals surface area contributed by atoms with Gasteiger partial charge in [0.25, 0.3) is 0 Å². The summed E-state index contributed by atoms with van der Waals surface area (Å²) in [5.74, 6) is 0.881. The first-order chi connectivity index (χ1) is 10.1. The first-order valence-corrected chi connectivity index (χ1v) is 7.64. The number of rotatable bonds is 6. The Morgan fingerprint density at radius 2 is 2.19 bits per heavy atom. The first-order valence-electron chi connectivity index (χ1n) is 7.26. The number of ether oxygens (including phenoxy) is 1. The topological polar surface area (TPSA) is 39.1 Å². The molecule has 0 radical (unpaired) electrons. The van der Waals surface area contributed by atoms with E-state index in [0.29, 0.717) is 12.6 Å². The van der Waals surface area contributed by atoms with Crippen LogP contribution in [0.15, 0.2) is 24.3 Å². The largest absolute Gasteiger partial charge is 0.487 e. The molecule has 0 amide bonds. The second-order valence-electron chi connectivity index (χ2n) is 5.60. The zero-order chi connectivity index (χ0) is 14.8. The highest BCUT2D eigenvalue weighted by atomic mass is 35.5. The Labute approximate surface area is 130 Å². The third kappa shape index (κ3) is 3.77. The highest BCUT2D eigenvalue weighted by Gasteiger charge is 2.20. The van der Waals surface area contributed by atoms with Gasteiger partial charge in [-0.15, -0.1) is 0 Å². The lowest BCUT2D eigenvalue weighted by Gasteiger charge is -2.12. The summed E-state index contributed by atoms with van der Waals surface area (Å²) in [7, 11) is 1.93. The smallest absolute Gasteiger partial charge is 0.130 e. The van der Waals surface area contributed by atoms with E-state index in [-0.39, 0.29) is 0 Å². The lowest BCUT2D eigenvalue weighted by Crippen LogP contribution is -2.16. The molecule has 0 unspecified atom stereocenters. The van der Waals surface area contributed by atoms with Crippen molar-refractivity contribution in [2.45, 2.75) is 39.0 Å². The Bertz CT molecular complexity index is 634. The molecule has 0 atom stereocenters. The van der Waals surface area contributed by atoms with Gasteiger partial charge in [-0.3, -0.25) is 4.68 Å². The molecule has 3 rings (SSSR count). The Kier molecular flexibility index (Phi) is 4.17. The number of hydrogen-bond acceptors (Lipinski definition) is 3. The predicted octanol–water partition coefficient (Wildman–Crippen LogP) is 3.21. The second-order valence-corrected chi connectivity index (χ2v) is 6.03. The number of aryl methyl sites for hydroxylation is 2. The second kappa shape index (κ2) is 6.08. The van der Waals surface area contributed by atoms with Gasteiger partial charge in [0.05, 0.1) is 11.4 Å². The fraction of sp³-hybridized carbons (Fsp3) is 0.438. The van der Waals surface area contributed by atoms with Crippen molar-refractivity contribution in [1.82, 2.24) is 15.1 Å². The monoisotopic (exact) mass is 305 g/mol. The molecule has 2 aromatic rings. The van der Waals surface area contributed by atoms with Crippen LogP contribution in [0, 0.1) is 6.92 Å². The van der Waals surface area contributed by atoms with Gasteiger partial charge >= 0.3 is 0 Å². The van der Waals surface area contributed by atoms with Gasteiger partial charge in [0.15, 0.2) is 0 Å². The van der Waals surface area contributed by atoms with Crippen LogP contribution in [-0.2, 0) is 20.2 Å². The number of benzene rings is 1. The molecule has 4 nitrogen and oxygen atoms in total. The molecule has 1 N–H and O–H groups in total. The van der Waals surface area contributed by atoms with E-state index in [0.717, 1.165) is 34.3 Å². The summed E-state index contributed by atoms with van der Waals surface area (Å²) in [6.07, 6.45) is 2.54. The normalized spacial score (nSPS) is 14.4. The highest BCUT2D eigenvalue weighted by Crippen LogP contribution is 2.26. The minimum Gasteiger partial charge on any atom is -0.487 e. The molecule has 1 heterocycles. The maximum absolute atomic E-state index is 6.10. The summed E-state index contributed by atoms with van der Waals surface area (Å²) in [6.45, 7) is 3.29. The number of nitrogens with one attached hydrogen (secondary N) is 1. The van der Waals surface area contributed by atoms with Crippen molar-refractivity contribution in [3.63, 3.8) is 0 Å². The predicted molar refractivity (Wildman–Crippen MR) is 83.6 cm³/mol. The molecule has 5 heteroatoms. The average molecular weight is 306 g/mol. The van der Waals surface area contributed by atoms with Crippen LogP contribution in [0.1, 0.15) is 29.8 Å². The van der Waals surface area contributed by atoms with E-state index < -0.39 is 0 Å². The van der Waals surface area contributed by atoms with Crippen molar-refractivity contribution < 1.29 is 4.74 Å². The van der Waals surface area contributed by atoms with Crippen molar-refractivity contribution in [1.29, 1.82) is 0 Å². The van der Waals surface area contributed by atoms with Gasteiger partial charge in [0.1, 0.15) is 12.4 Å². The molecule has 0 spiro atoms. The number of nitrogens with zero attached hydrogens (tertiary/aromatic N) is 2. The zero-order valence-electron chi connectivity index (χ0n) is 12.4. The molecule has 1 fully saturated rings. The fourth-order valence-corrected chi connectivity index (χ4v) is 2.51. The summed E-state index contributed by atoms with van der Waals surface area (Å²) in [5.41, 5.74) is 3.17. The van der Waals surface area contributed by atoms with Crippen molar-refractivity contribution >= 4 is 11.6 Å². The van der Waals surface area contributed by atoms with E-state index in [1.165, 1.54) is 12.8 Å². The summed E-state index contributed by atoms with van der Waals surface area (Å²) in [5, 5.41) is 8.57. The fourth-order valence-electron chi connectivity index (χ4n) is 2.32. The quantitative estimate of drug-likeness (QED) is 0.890. The molecule has 1 aromatic heterocycles. The zero-order valence-corrected chi connectivity index (χ0v) is 13.2. The number of aromatic nitrogens is 2. The molecule has 1 saturated carbocycles. The minimum atomic E-state index is 0.509. The van der Waals surface area contributed by atoms with Gasteiger partial charge in [-0.2, -0.15) is 5.10 Å². The SMILES string of the molecule is Cc1cc(COc2ccc(Cl)cc2CNC2CC2)n(C)n1. The lowest BCUT2D eigenvalue weighted by molar-refractivity contribution is 0.291. The molecule has 1 aromatic carbocycles. The van der Waals surface area contributed by atoms with E-state index in [1.54, 1.807) is 0 Å². The van der Waals surface area contributed by atoms with Crippen LogP contribution < -0.4 is 10.1 Å². The van der Waals surface area contributed by atoms with E-state index in [2.05, 4.69) is 10.4 Å². The standard InChI is InChI=1S/C16H20ClN3O/c1-11-7-15(20(2)19-11)10-21-16-6-3-13(17)8-12(16)9-18-14-4-5-14/h3,6-8,14,18H,4-5,9-10H2,1-2H3. The van der Waals surface area contributed by atoms with Crippen molar-refractivity contribution in [2.24, 2.45) is 7.05 Å². The lowest BCUT2D eigenvalue weighted by atomic mass is 10.2. The Morgan fingerprint density at radius 1 is 1.38 bits per heavy atom. The van der Waals surface area contributed by atoms with Crippen LogP contribution in [0.5, 0.6) is 5.75 Å². The summed E-state index contributed by atoms with van der Waals surface area (Å²) in [4.78, 5) is 0. The molecule has 0 bridgehead atoms. The third-order valence-electron chi connectivity index (χ3n) is 3.66. The van der Waals surface area contributed by atoms with Crippen LogP contribution in [0.3, 0.4) is 0 Å². The van der Waals surface area contributed by atoms with E-state index >= 15 is 0 Å². The highest BCUT2D eigenvalue weighted by molar-refractivity contribution is 6.30. The summed E-state index contributed by atoms with van der Waals surface area (Å²) >= 11 is 6.10. The molecule has 1 aliphatic carbocycles. The molecule has 0 saturated heterocycles. The van der Waals surface area contributed by atoms with E-state index in [1.807, 2.05) is 42.9 Å². The molecule has 112 valence electrons. The summed E-state index contributed by atoms with van der Waals surface area (Å²) in [6, 6.07) is 8.48. The van der Waals surface area contributed by atoms with Gasteiger partial charge in [0.2, 0.25) is 0 Å². The van der Waals surface area contributed by atoms with Crippen LogP contribution in [-0.4, -0.2) is 15.8 Å². The van der Waals surface area contributed by atoms with Crippen molar-refractivity contribution in [2.75, 3.05) is 0 Å². The van der Waals surface area contributed by atoms with Gasteiger partial charge in [0, 0.05) is 30.2 Å². The van der Waals surface area contributed by atoms with Gasteiger partial charge in [-0.25, -0.2) is 0 Å². The van der Waals surface area contributed by atoms with E-state index in [9.17, 15) is 0 Å². The maximum Gasteiger partial charge on any atom is 0.130 e. The summed E-state index contributed by atoms with van der Waals surface area (Å²) < 4.78 is 7.82. The van der Waals surface area contributed by atoms with Gasteiger partial charge in [-0.1, -0.05) is 11.6 Å². The number of hydrogen-bond donors (Lipinski definition) is 1. The van der Waals surface area contributed by atoms with Crippen molar-refractivity contribution in [3.8, 4) is 5.75 Å². The van der Waals surface area contributed by atoms with Crippen molar-refractivity contribution in [3.05, 3.63) is 46.2 Å². The Hall–Kier alpha value is -1.52. The van der Waals surface area contributed by atoms with Gasteiger partial charge < -0.3 is 10.1 Å². The van der Waals surface area contributed by atoms with Crippen LogP contribution >= 0.6 is 11.6 Å². The Morgan fingerprint density at radius 3 is 2.86 bits per heavy atom. The first kappa shape index (κ1) is 14.4. The van der Waals surface area contributed by atoms with Crippen LogP contribution in [0.25, 0.3) is 0 Å². The number of halogens is 1. The van der Waals surface area contributed by atoms with Gasteiger partial charge in [-0.05, 0) is 44.0 Å². The molecular formula is C16H20ClN3O. The maximum atomic E-state index is 6.10. The van der Waals surface area contributed by atoms with Crippen LogP contribution in [0.2, 0.25) is 5.02 Å². The third-order valence-corrected chi connectivity index (χ3v) is 3.89.